The maximum Gasteiger partial charge on any atom is 0.338 e. The third-order valence-electron chi connectivity index (χ3n) is 4.03. The van der Waals surface area contributed by atoms with Gasteiger partial charge in [-0.1, -0.05) is 30.3 Å². The van der Waals surface area contributed by atoms with Gasteiger partial charge in [-0.15, -0.1) is 10.2 Å². The van der Waals surface area contributed by atoms with Crippen LogP contribution in [0.4, 0.5) is 0 Å². The van der Waals surface area contributed by atoms with Crippen LogP contribution in [-0.2, 0) is 4.74 Å². The predicted molar refractivity (Wildman–Crippen MR) is 94.4 cm³/mol. The van der Waals surface area contributed by atoms with Gasteiger partial charge in [0.1, 0.15) is 0 Å². The summed E-state index contributed by atoms with van der Waals surface area (Å²) in [7, 11) is 0. The molecule has 0 saturated carbocycles. The van der Waals surface area contributed by atoms with Crippen molar-refractivity contribution in [3.63, 3.8) is 0 Å². The summed E-state index contributed by atoms with van der Waals surface area (Å²) in [6.07, 6.45) is 0. The molecule has 4 rings (SSSR count). The fraction of sp³-hybridized carbons (Fsp3) is 0.158. The number of aromatic nitrogens is 4. The van der Waals surface area contributed by atoms with E-state index >= 15 is 0 Å². The third kappa shape index (κ3) is 2.52. The van der Waals surface area contributed by atoms with Crippen LogP contribution in [0.25, 0.3) is 28.1 Å². The Morgan fingerprint density at radius 1 is 1.12 bits per heavy atom. The Balaban J connectivity index is 1.99. The summed E-state index contributed by atoms with van der Waals surface area (Å²) in [5.41, 5.74) is 4.45. The topological polar surface area (TPSA) is 69.4 Å². The molecule has 0 bridgehead atoms. The minimum absolute atomic E-state index is 0.339. The fourth-order valence-electron chi connectivity index (χ4n) is 2.90. The third-order valence-corrected chi connectivity index (χ3v) is 4.03. The molecule has 25 heavy (non-hydrogen) atoms. The Labute approximate surface area is 144 Å². The Hall–Kier alpha value is -3.28. The molecule has 0 atom stereocenters. The lowest BCUT2D eigenvalue weighted by atomic mass is 10.1. The molecule has 0 unspecified atom stereocenters. The summed E-state index contributed by atoms with van der Waals surface area (Å²) in [5, 5.41) is 8.64. The van der Waals surface area contributed by atoms with Crippen molar-refractivity contribution < 1.29 is 9.53 Å². The van der Waals surface area contributed by atoms with Crippen molar-refractivity contribution in [2.24, 2.45) is 0 Å². The van der Waals surface area contributed by atoms with Crippen molar-refractivity contribution in [2.45, 2.75) is 13.8 Å². The molecule has 2 aromatic heterocycles. The summed E-state index contributed by atoms with van der Waals surface area (Å²) in [6.45, 7) is 4.01. The Kier molecular flexibility index (Phi) is 3.65. The number of carbonyl (C=O) groups is 1. The molecule has 2 heterocycles. The van der Waals surface area contributed by atoms with Crippen LogP contribution in [0.3, 0.4) is 0 Å². The van der Waals surface area contributed by atoms with E-state index in [0.717, 1.165) is 22.6 Å². The number of ether oxygens (including phenoxy) is 1. The van der Waals surface area contributed by atoms with E-state index in [1.807, 2.05) is 47.7 Å². The van der Waals surface area contributed by atoms with Crippen molar-refractivity contribution in [3.05, 3.63) is 59.8 Å². The molecule has 0 aliphatic carbocycles. The van der Waals surface area contributed by atoms with Crippen LogP contribution < -0.4 is 0 Å². The molecular formula is C19H16N4O2. The van der Waals surface area contributed by atoms with E-state index in [1.165, 1.54) is 0 Å². The first-order chi connectivity index (χ1) is 12.2. The lowest BCUT2D eigenvalue weighted by Gasteiger charge is -2.08. The normalized spacial score (nSPS) is 11.1. The monoisotopic (exact) mass is 332 g/mol. The molecule has 0 radical (unpaired) electrons. The molecule has 0 fully saturated rings. The smallest absolute Gasteiger partial charge is 0.338 e. The van der Waals surface area contributed by atoms with Crippen LogP contribution >= 0.6 is 0 Å². The van der Waals surface area contributed by atoms with E-state index in [-0.39, 0.29) is 5.97 Å². The summed E-state index contributed by atoms with van der Waals surface area (Å²) >= 11 is 0. The van der Waals surface area contributed by atoms with Crippen molar-refractivity contribution >= 4 is 22.6 Å². The van der Waals surface area contributed by atoms with E-state index in [9.17, 15) is 4.79 Å². The van der Waals surface area contributed by atoms with Gasteiger partial charge in [0.05, 0.1) is 28.9 Å². The molecular weight excluding hydrogens is 316 g/mol. The lowest BCUT2D eigenvalue weighted by Crippen LogP contribution is -2.05. The van der Waals surface area contributed by atoms with E-state index in [1.54, 1.807) is 19.1 Å². The number of hydrogen-bond donors (Lipinski definition) is 0. The highest BCUT2D eigenvalue weighted by molar-refractivity contribution is 5.94. The van der Waals surface area contributed by atoms with E-state index in [0.29, 0.717) is 23.3 Å². The van der Waals surface area contributed by atoms with Crippen molar-refractivity contribution in [1.82, 2.24) is 19.6 Å². The Morgan fingerprint density at radius 2 is 1.92 bits per heavy atom. The van der Waals surface area contributed by atoms with Crippen LogP contribution in [0, 0.1) is 6.92 Å². The standard InChI is InChI=1S/C19H16N4O2/c1-3-25-19(24)14-9-10-16-15(11-14)20-12(2)17-21-22-18(23(16)17)13-7-5-4-6-8-13/h4-11H,3H2,1-2H3. The average molecular weight is 332 g/mol. The van der Waals surface area contributed by atoms with Crippen molar-refractivity contribution in [1.29, 1.82) is 0 Å². The first kappa shape index (κ1) is 15.3. The predicted octanol–water partition coefficient (Wildman–Crippen LogP) is 3.43. The molecule has 0 aliphatic heterocycles. The summed E-state index contributed by atoms with van der Waals surface area (Å²) in [5.74, 6) is 0.394. The van der Waals surface area contributed by atoms with Gasteiger partial charge in [0.25, 0.3) is 0 Å². The largest absolute Gasteiger partial charge is 0.462 e. The molecule has 6 nitrogen and oxygen atoms in total. The van der Waals surface area contributed by atoms with Gasteiger partial charge < -0.3 is 4.74 Å². The highest BCUT2D eigenvalue weighted by atomic mass is 16.5. The average Bonchev–Trinajstić information content (AvgIpc) is 3.08. The highest BCUT2D eigenvalue weighted by Gasteiger charge is 2.16. The van der Waals surface area contributed by atoms with Gasteiger partial charge in [-0.2, -0.15) is 0 Å². The van der Waals surface area contributed by atoms with Crippen molar-refractivity contribution in [2.75, 3.05) is 6.61 Å². The molecule has 124 valence electrons. The number of benzene rings is 2. The van der Waals surface area contributed by atoms with Crippen LogP contribution in [0.15, 0.2) is 48.5 Å². The van der Waals surface area contributed by atoms with Crippen LogP contribution in [0.1, 0.15) is 23.0 Å². The quantitative estimate of drug-likeness (QED) is 0.538. The maximum absolute atomic E-state index is 12.0. The summed E-state index contributed by atoms with van der Waals surface area (Å²) in [6, 6.07) is 15.2. The van der Waals surface area contributed by atoms with Crippen LogP contribution in [0.5, 0.6) is 0 Å². The Bertz CT molecular complexity index is 1090. The second-order valence-corrected chi connectivity index (χ2v) is 5.67. The first-order valence-electron chi connectivity index (χ1n) is 8.07. The molecule has 0 aliphatic rings. The van der Waals surface area contributed by atoms with Gasteiger partial charge in [0, 0.05) is 5.56 Å². The van der Waals surface area contributed by atoms with E-state index in [4.69, 9.17) is 4.74 Å². The maximum atomic E-state index is 12.0. The molecule has 6 heteroatoms. The zero-order valence-electron chi connectivity index (χ0n) is 13.9. The van der Waals surface area contributed by atoms with Gasteiger partial charge in [-0.05, 0) is 32.0 Å². The van der Waals surface area contributed by atoms with Gasteiger partial charge in [-0.3, -0.25) is 4.40 Å². The number of esters is 1. The molecule has 4 aromatic rings. The van der Waals surface area contributed by atoms with E-state index in [2.05, 4.69) is 15.2 Å². The molecule has 0 saturated heterocycles. The second-order valence-electron chi connectivity index (χ2n) is 5.67. The number of hydrogen-bond acceptors (Lipinski definition) is 5. The van der Waals surface area contributed by atoms with Gasteiger partial charge >= 0.3 is 5.97 Å². The molecule has 0 amide bonds. The zero-order chi connectivity index (χ0) is 17.4. The minimum atomic E-state index is -0.351. The van der Waals surface area contributed by atoms with Gasteiger partial charge in [0.15, 0.2) is 11.5 Å². The van der Waals surface area contributed by atoms with Crippen LogP contribution in [-0.4, -0.2) is 32.2 Å². The first-order valence-corrected chi connectivity index (χ1v) is 8.07. The number of aryl methyl sites for hydroxylation is 1. The van der Waals surface area contributed by atoms with Gasteiger partial charge in [-0.25, -0.2) is 9.78 Å². The molecule has 0 N–H and O–H groups in total. The zero-order valence-corrected chi connectivity index (χ0v) is 13.9. The SMILES string of the molecule is CCOC(=O)c1ccc2c(c1)nc(C)c1nnc(-c3ccccc3)n12. The Morgan fingerprint density at radius 3 is 2.68 bits per heavy atom. The summed E-state index contributed by atoms with van der Waals surface area (Å²) < 4.78 is 7.05. The van der Waals surface area contributed by atoms with Gasteiger partial charge in [0.2, 0.25) is 0 Å². The number of fused-ring (bicyclic) bond motifs is 3. The lowest BCUT2D eigenvalue weighted by molar-refractivity contribution is 0.0526. The molecule has 0 spiro atoms. The molecule has 2 aromatic carbocycles. The van der Waals surface area contributed by atoms with E-state index < -0.39 is 0 Å². The number of nitrogens with zero attached hydrogens (tertiary/aromatic N) is 4. The fourth-order valence-corrected chi connectivity index (χ4v) is 2.90. The van der Waals surface area contributed by atoms with Crippen molar-refractivity contribution in [3.8, 4) is 11.4 Å². The number of rotatable bonds is 3. The highest BCUT2D eigenvalue weighted by Crippen LogP contribution is 2.25. The number of carbonyl (C=O) groups excluding carboxylic acids is 1. The summed E-state index contributed by atoms with van der Waals surface area (Å²) in [4.78, 5) is 16.6. The van der Waals surface area contributed by atoms with Crippen LogP contribution in [0.2, 0.25) is 0 Å². The minimum Gasteiger partial charge on any atom is -0.462 e. The second kappa shape index (κ2) is 5.98.